The van der Waals surface area contributed by atoms with Crippen molar-refractivity contribution in [3.8, 4) is 5.75 Å². The highest BCUT2D eigenvalue weighted by Crippen LogP contribution is 2.30. The maximum Gasteiger partial charge on any atom is 0.143 e. The number of phenols is 1. The summed E-state index contributed by atoms with van der Waals surface area (Å²) in [5, 5.41) is 17.3. The van der Waals surface area contributed by atoms with Crippen molar-refractivity contribution in [3.63, 3.8) is 0 Å². The van der Waals surface area contributed by atoms with Gasteiger partial charge in [-0.15, -0.1) is 5.11 Å². The van der Waals surface area contributed by atoms with Crippen LogP contribution in [0.1, 0.15) is 0 Å². The summed E-state index contributed by atoms with van der Waals surface area (Å²) in [7, 11) is 0. The molecule has 0 aliphatic rings. The topological polar surface area (TPSA) is 45.0 Å². The Morgan fingerprint density at radius 1 is 1.00 bits per heavy atom. The molecule has 2 aromatic rings. The van der Waals surface area contributed by atoms with E-state index in [1.807, 2.05) is 0 Å². The molecule has 0 bridgehead atoms. The van der Waals surface area contributed by atoms with E-state index in [2.05, 4.69) is 26.2 Å². The monoisotopic (exact) mass is 294 g/mol. The first-order chi connectivity index (χ1) is 8.15. The zero-order valence-electron chi connectivity index (χ0n) is 8.64. The minimum atomic E-state index is -0.325. The highest BCUT2D eigenvalue weighted by Gasteiger charge is 2.00. The van der Waals surface area contributed by atoms with Crippen LogP contribution in [0.2, 0.25) is 0 Å². The summed E-state index contributed by atoms with van der Waals surface area (Å²) < 4.78 is 13.4. The van der Waals surface area contributed by atoms with Gasteiger partial charge in [0.25, 0.3) is 0 Å². The van der Waals surface area contributed by atoms with E-state index in [9.17, 15) is 9.50 Å². The Balaban J connectivity index is 2.25. The molecule has 0 aliphatic carbocycles. The van der Waals surface area contributed by atoms with Gasteiger partial charge in [-0.05, 0) is 42.5 Å². The maximum atomic E-state index is 12.6. The van der Waals surface area contributed by atoms with Gasteiger partial charge in [0, 0.05) is 4.47 Å². The molecule has 0 saturated heterocycles. The van der Waals surface area contributed by atoms with E-state index in [1.54, 1.807) is 12.1 Å². The SMILES string of the molecule is Oc1ccc(Br)cc1N=Nc1ccc(F)cc1. The van der Waals surface area contributed by atoms with Crippen molar-refractivity contribution in [3.05, 3.63) is 52.8 Å². The first-order valence-corrected chi connectivity index (χ1v) is 5.60. The van der Waals surface area contributed by atoms with Crippen LogP contribution >= 0.6 is 15.9 Å². The molecule has 5 heteroatoms. The Labute approximate surface area is 106 Å². The first kappa shape index (κ1) is 11.7. The fourth-order valence-corrected chi connectivity index (χ4v) is 1.55. The number of hydrogen-bond donors (Lipinski definition) is 1. The quantitative estimate of drug-likeness (QED) is 0.801. The number of aromatic hydroxyl groups is 1. The number of rotatable bonds is 2. The Kier molecular flexibility index (Phi) is 3.49. The molecule has 0 radical (unpaired) electrons. The molecule has 0 aliphatic heterocycles. The lowest BCUT2D eigenvalue weighted by Crippen LogP contribution is -1.71. The fourth-order valence-electron chi connectivity index (χ4n) is 1.20. The van der Waals surface area contributed by atoms with Gasteiger partial charge in [-0.1, -0.05) is 15.9 Å². The van der Waals surface area contributed by atoms with Crippen molar-refractivity contribution in [2.75, 3.05) is 0 Å². The van der Waals surface area contributed by atoms with Crippen LogP contribution in [0, 0.1) is 5.82 Å². The predicted molar refractivity (Wildman–Crippen MR) is 66.4 cm³/mol. The van der Waals surface area contributed by atoms with Gasteiger partial charge < -0.3 is 5.11 Å². The van der Waals surface area contributed by atoms with Gasteiger partial charge in [-0.3, -0.25) is 0 Å². The van der Waals surface area contributed by atoms with E-state index in [0.717, 1.165) is 4.47 Å². The number of halogens is 2. The van der Waals surface area contributed by atoms with Crippen molar-refractivity contribution >= 4 is 27.3 Å². The van der Waals surface area contributed by atoms with Crippen molar-refractivity contribution < 1.29 is 9.50 Å². The molecule has 17 heavy (non-hydrogen) atoms. The van der Waals surface area contributed by atoms with Crippen LogP contribution in [0.3, 0.4) is 0 Å². The average Bonchev–Trinajstić information content (AvgIpc) is 2.32. The molecule has 0 heterocycles. The van der Waals surface area contributed by atoms with Gasteiger partial charge in [-0.2, -0.15) is 5.11 Å². The summed E-state index contributed by atoms with van der Waals surface area (Å²) >= 11 is 3.27. The summed E-state index contributed by atoms with van der Waals surface area (Å²) in [5.74, 6) is -0.284. The summed E-state index contributed by atoms with van der Waals surface area (Å²) in [6, 6.07) is 10.5. The van der Waals surface area contributed by atoms with Gasteiger partial charge in [0.1, 0.15) is 17.3 Å². The molecular weight excluding hydrogens is 287 g/mol. The van der Waals surface area contributed by atoms with Crippen LogP contribution in [0.25, 0.3) is 0 Å². The van der Waals surface area contributed by atoms with E-state index < -0.39 is 0 Å². The average molecular weight is 295 g/mol. The normalized spacial score (nSPS) is 10.9. The summed E-state index contributed by atoms with van der Waals surface area (Å²) in [6.45, 7) is 0. The van der Waals surface area contributed by atoms with Gasteiger partial charge in [0.15, 0.2) is 0 Å². The second kappa shape index (κ2) is 5.05. The zero-order chi connectivity index (χ0) is 12.3. The Morgan fingerprint density at radius 2 is 1.71 bits per heavy atom. The number of nitrogens with zero attached hydrogens (tertiary/aromatic N) is 2. The van der Waals surface area contributed by atoms with Crippen LogP contribution < -0.4 is 0 Å². The largest absolute Gasteiger partial charge is 0.506 e. The standard InChI is InChI=1S/C12H8BrFN2O/c13-8-1-6-12(17)11(7-8)16-15-10-4-2-9(14)3-5-10/h1-7,17H. The third kappa shape index (κ3) is 3.10. The second-order valence-electron chi connectivity index (χ2n) is 3.31. The van der Waals surface area contributed by atoms with E-state index >= 15 is 0 Å². The minimum Gasteiger partial charge on any atom is -0.506 e. The van der Waals surface area contributed by atoms with Gasteiger partial charge in [0.2, 0.25) is 0 Å². The van der Waals surface area contributed by atoms with Crippen molar-refractivity contribution in [1.82, 2.24) is 0 Å². The molecule has 0 fully saturated rings. The summed E-state index contributed by atoms with van der Waals surface area (Å²) in [5.41, 5.74) is 0.870. The van der Waals surface area contributed by atoms with E-state index in [-0.39, 0.29) is 11.6 Å². The lowest BCUT2D eigenvalue weighted by molar-refractivity contribution is 0.476. The van der Waals surface area contributed by atoms with Crippen molar-refractivity contribution in [1.29, 1.82) is 0 Å². The number of azo groups is 1. The van der Waals surface area contributed by atoms with Crippen LogP contribution in [-0.4, -0.2) is 5.11 Å². The smallest absolute Gasteiger partial charge is 0.143 e. The zero-order valence-corrected chi connectivity index (χ0v) is 10.2. The third-order valence-electron chi connectivity index (χ3n) is 2.04. The molecule has 0 atom stereocenters. The van der Waals surface area contributed by atoms with E-state index in [0.29, 0.717) is 11.4 Å². The third-order valence-corrected chi connectivity index (χ3v) is 2.53. The molecule has 0 unspecified atom stereocenters. The summed E-state index contributed by atoms with van der Waals surface area (Å²) in [4.78, 5) is 0. The Bertz CT molecular complexity index is 555. The minimum absolute atomic E-state index is 0.0408. The maximum absolute atomic E-state index is 12.6. The van der Waals surface area contributed by atoms with Gasteiger partial charge >= 0.3 is 0 Å². The predicted octanol–water partition coefficient (Wildman–Crippen LogP) is 4.71. The number of hydrogen-bond acceptors (Lipinski definition) is 3. The second-order valence-corrected chi connectivity index (χ2v) is 4.23. The van der Waals surface area contributed by atoms with Crippen LogP contribution in [-0.2, 0) is 0 Å². The van der Waals surface area contributed by atoms with Gasteiger partial charge in [0.05, 0.1) is 5.69 Å². The fraction of sp³-hybridized carbons (Fsp3) is 0. The summed E-state index contributed by atoms with van der Waals surface area (Å²) in [6.07, 6.45) is 0. The molecule has 0 saturated carbocycles. The Hall–Kier alpha value is -1.75. The van der Waals surface area contributed by atoms with Crippen LogP contribution in [0.15, 0.2) is 57.2 Å². The van der Waals surface area contributed by atoms with Crippen LogP contribution in [0.4, 0.5) is 15.8 Å². The van der Waals surface area contributed by atoms with Crippen molar-refractivity contribution in [2.45, 2.75) is 0 Å². The number of phenolic OH excluding ortho intramolecular Hbond substituents is 1. The molecule has 2 rings (SSSR count). The molecule has 3 nitrogen and oxygen atoms in total. The molecule has 0 spiro atoms. The molecule has 0 amide bonds. The lowest BCUT2D eigenvalue weighted by Gasteiger charge is -1.98. The lowest BCUT2D eigenvalue weighted by atomic mass is 10.3. The highest BCUT2D eigenvalue weighted by molar-refractivity contribution is 9.10. The van der Waals surface area contributed by atoms with Crippen molar-refractivity contribution in [2.24, 2.45) is 10.2 Å². The molecular formula is C12H8BrFN2O. The highest BCUT2D eigenvalue weighted by atomic mass is 79.9. The molecule has 2 aromatic carbocycles. The van der Waals surface area contributed by atoms with E-state index in [4.69, 9.17) is 0 Å². The molecule has 1 N–H and O–H groups in total. The van der Waals surface area contributed by atoms with Gasteiger partial charge in [-0.25, -0.2) is 4.39 Å². The Morgan fingerprint density at radius 3 is 2.41 bits per heavy atom. The molecule has 0 aromatic heterocycles. The molecule has 86 valence electrons. The number of benzene rings is 2. The first-order valence-electron chi connectivity index (χ1n) is 4.81. The van der Waals surface area contributed by atoms with E-state index in [1.165, 1.54) is 30.3 Å². The van der Waals surface area contributed by atoms with Crippen LogP contribution in [0.5, 0.6) is 5.75 Å².